The smallest absolute Gasteiger partial charge is 0.117 e. The minimum absolute atomic E-state index is 0.448. The van der Waals surface area contributed by atoms with Crippen LogP contribution in [0.5, 0.6) is 0 Å². The Hall–Kier alpha value is -0.800. The first kappa shape index (κ1) is 15.6. The summed E-state index contributed by atoms with van der Waals surface area (Å²) in [6.45, 7) is 9.46. The van der Waals surface area contributed by atoms with Gasteiger partial charge in [0, 0.05) is 6.54 Å². The Labute approximate surface area is 123 Å². The van der Waals surface area contributed by atoms with Gasteiger partial charge in [-0.2, -0.15) is 0 Å². The van der Waals surface area contributed by atoms with Gasteiger partial charge in [0.1, 0.15) is 5.76 Å². The normalized spacial score (nSPS) is 27.1. The standard InChI is InChI=1S/C17H29NO2/c1-13(2)16-7-6-14(3)11-17(16)20-10-8-18-12-15-5-4-9-19-15/h4-5,9,13-14,16-18H,6-8,10-12H2,1-3H3. The molecule has 1 heterocycles. The monoisotopic (exact) mass is 279 g/mol. The first-order valence-corrected chi connectivity index (χ1v) is 8.01. The van der Waals surface area contributed by atoms with Crippen LogP contribution in [0.15, 0.2) is 22.8 Å². The van der Waals surface area contributed by atoms with Crippen molar-refractivity contribution in [2.75, 3.05) is 13.2 Å². The van der Waals surface area contributed by atoms with Crippen molar-refractivity contribution in [3.8, 4) is 0 Å². The molecule has 0 saturated heterocycles. The predicted molar refractivity (Wildman–Crippen MR) is 81.5 cm³/mol. The summed E-state index contributed by atoms with van der Waals surface area (Å²) >= 11 is 0. The van der Waals surface area contributed by atoms with Gasteiger partial charge in [-0.3, -0.25) is 0 Å². The van der Waals surface area contributed by atoms with E-state index in [9.17, 15) is 0 Å². The van der Waals surface area contributed by atoms with Crippen molar-refractivity contribution in [3.63, 3.8) is 0 Å². The van der Waals surface area contributed by atoms with Gasteiger partial charge in [-0.25, -0.2) is 0 Å². The lowest BCUT2D eigenvalue weighted by Crippen LogP contribution is -2.35. The van der Waals surface area contributed by atoms with Gasteiger partial charge in [0.2, 0.25) is 0 Å². The topological polar surface area (TPSA) is 34.4 Å². The fourth-order valence-electron chi connectivity index (χ4n) is 3.21. The van der Waals surface area contributed by atoms with Crippen molar-refractivity contribution in [2.24, 2.45) is 17.8 Å². The quantitative estimate of drug-likeness (QED) is 0.770. The largest absolute Gasteiger partial charge is 0.468 e. The van der Waals surface area contributed by atoms with Gasteiger partial charge >= 0.3 is 0 Å². The van der Waals surface area contributed by atoms with Crippen molar-refractivity contribution in [1.29, 1.82) is 0 Å². The number of rotatable bonds is 7. The molecule has 3 nitrogen and oxygen atoms in total. The summed E-state index contributed by atoms with van der Waals surface area (Å²) in [5.41, 5.74) is 0. The second-order valence-electron chi connectivity index (χ2n) is 6.49. The lowest BCUT2D eigenvalue weighted by atomic mass is 9.75. The van der Waals surface area contributed by atoms with Crippen molar-refractivity contribution < 1.29 is 9.15 Å². The predicted octanol–water partition coefficient (Wildman–Crippen LogP) is 3.85. The van der Waals surface area contributed by atoms with E-state index in [1.165, 1.54) is 19.3 Å². The summed E-state index contributed by atoms with van der Waals surface area (Å²) in [4.78, 5) is 0. The molecule has 1 fully saturated rings. The van der Waals surface area contributed by atoms with Crippen LogP contribution in [0.1, 0.15) is 45.8 Å². The molecule has 0 spiro atoms. The van der Waals surface area contributed by atoms with E-state index < -0.39 is 0 Å². The fourth-order valence-corrected chi connectivity index (χ4v) is 3.21. The zero-order valence-electron chi connectivity index (χ0n) is 13.1. The average molecular weight is 279 g/mol. The maximum Gasteiger partial charge on any atom is 0.117 e. The van der Waals surface area contributed by atoms with Crippen molar-refractivity contribution in [3.05, 3.63) is 24.2 Å². The molecule has 1 aliphatic rings. The van der Waals surface area contributed by atoms with Crippen LogP contribution in [0.4, 0.5) is 0 Å². The molecule has 1 saturated carbocycles. The Morgan fingerprint density at radius 1 is 1.40 bits per heavy atom. The Morgan fingerprint density at radius 2 is 2.25 bits per heavy atom. The highest BCUT2D eigenvalue weighted by Crippen LogP contribution is 2.35. The van der Waals surface area contributed by atoms with Crippen LogP contribution < -0.4 is 5.32 Å². The molecule has 20 heavy (non-hydrogen) atoms. The van der Waals surface area contributed by atoms with Gasteiger partial charge in [0.25, 0.3) is 0 Å². The molecule has 0 aliphatic heterocycles. The van der Waals surface area contributed by atoms with Crippen LogP contribution in [0.25, 0.3) is 0 Å². The Morgan fingerprint density at radius 3 is 2.95 bits per heavy atom. The Kier molecular flexibility index (Phi) is 6.11. The van der Waals surface area contributed by atoms with Crippen LogP contribution >= 0.6 is 0 Å². The molecule has 1 aromatic heterocycles. The van der Waals surface area contributed by atoms with E-state index >= 15 is 0 Å². The molecule has 3 atom stereocenters. The van der Waals surface area contributed by atoms with Gasteiger partial charge in [-0.1, -0.05) is 27.2 Å². The van der Waals surface area contributed by atoms with E-state index in [0.29, 0.717) is 6.10 Å². The van der Waals surface area contributed by atoms with E-state index in [1.807, 2.05) is 12.1 Å². The third kappa shape index (κ3) is 4.64. The molecule has 0 radical (unpaired) electrons. The van der Waals surface area contributed by atoms with E-state index in [1.54, 1.807) is 6.26 Å². The number of hydrogen-bond donors (Lipinski definition) is 1. The zero-order valence-corrected chi connectivity index (χ0v) is 13.1. The van der Waals surface area contributed by atoms with E-state index in [0.717, 1.165) is 43.2 Å². The summed E-state index contributed by atoms with van der Waals surface area (Å²) < 4.78 is 11.4. The number of ether oxygens (including phenoxy) is 1. The highest BCUT2D eigenvalue weighted by Gasteiger charge is 2.31. The summed E-state index contributed by atoms with van der Waals surface area (Å²) in [7, 11) is 0. The minimum atomic E-state index is 0.448. The molecule has 1 aromatic rings. The van der Waals surface area contributed by atoms with Gasteiger partial charge in [0.15, 0.2) is 0 Å². The molecule has 114 valence electrons. The van der Waals surface area contributed by atoms with Crippen LogP contribution in [0, 0.1) is 17.8 Å². The lowest BCUT2D eigenvalue weighted by molar-refractivity contribution is -0.0368. The first-order chi connectivity index (χ1) is 9.66. The maximum atomic E-state index is 6.15. The van der Waals surface area contributed by atoms with Gasteiger partial charge in [-0.05, 0) is 42.7 Å². The summed E-state index contributed by atoms with van der Waals surface area (Å²) in [6, 6.07) is 3.91. The van der Waals surface area contributed by atoms with E-state index in [4.69, 9.17) is 9.15 Å². The second-order valence-corrected chi connectivity index (χ2v) is 6.49. The summed E-state index contributed by atoms with van der Waals surface area (Å²) in [5.74, 6) is 3.25. The van der Waals surface area contributed by atoms with Crippen LogP contribution in [0.2, 0.25) is 0 Å². The lowest BCUT2D eigenvalue weighted by Gasteiger charge is -2.37. The van der Waals surface area contributed by atoms with E-state index in [2.05, 4.69) is 26.1 Å². The fraction of sp³-hybridized carbons (Fsp3) is 0.765. The highest BCUT2D eigenvalue weighted by atomic mass is 16.5. The summed E-state index contributed by atoms with van der Waals surface area (Å²) in [5, 5.41) is 3.36. The average Bonchev–Trinajstić information content (AvgIpc) is 2.91. The molecular weight excluding hydrogens is 250 g/mol. The maximum absolute atomic E-state index is 6.15. The summed E-state index contributed by atoms with van der Waals surface area (Å²) in [6.07, 6.45) is 6.07. The highest BCUT2D eigenvalue weighted by molar-refractivity contribution is 4.97. The Bertz CT molecular complexity index is 361. The number of hydrogen-bond acceptors (Lipinski definition) is 3. The molecule has 0 amide bonds. The second kappa shape index (κ2) is 7.84. The molecule has 0 aromatic carbocycles. The third-order valence-corrected chi connectivity index (χ3v) is 4.45. The molecule has 0 bridgehead atoms. The molecule has 2 rings (SSSR count). The van der Waals surface area contributed by atoms with Crippen molar-refractivity contribution >= 4 is 0 Å². The van der Waals surface area contributed by atoms with Gasteiger partial charge in [0.05, 0.1) is 25.5 Å². The molecular formula is C17H29NO2. The van der Waals surface area contributed by atoms with Gasteiger partial charge < -0.3 is 14.5 Å². The Balaban J connectivity index is 1.65. The van der Waals surface area contributed by atoms with Crippen LogP contribution in [-0.2, 0) is 11.3 Å². The molecule has 3 unspecified atom stereocenters. The van der Waals surface area contributed by atoms with Crippen LogP contribution in [0.3, 0.4) is 0 Å². The van der Waals surface area contributed by atoms with E-state index in [-0.39, 0.29) is 0 Å². The van der Waals surface area contributed by atoms with Crippen molar-refractivity contribution in [2.45, 2.75) is 52.7 Å². The first-order valence-electron chi connectivity index (χ1n) is 8.01. The molecule has 1 N–H and O–H groups in total. The van der Waals surface area contributed by atoms with Crippen LogP contribution in [-0.4, -0.2) is 19.3 Å². The minimum Gasteiger partial charge on any atom is -0.468 e. The number of nitrogens with one attached hydrogen (secondary N) is 1. The zero-order chi connectivity index (χ0) is 14.4. The molecule has 1 aliphatic carbocycles. The number of furan rings is 1. The third-order valence-electron chi connectivity index (χ3n) is 4.45. The van der Waals surface area contributed by atoms with Gasteiger partial charge in [-0.15, -0.1) is 0 Å². The molecule has 3 heteroatoms. The SMILES string of the molecule is CC1CCC(C(C)C)C(OCCNCc2ccco2)C1. The van der Waals surface area contributed by atoms with Crippen molar-refractivity contribution in [1.82, 2.24) is 5.32 Å².